The SMILES string of the molecule is CCCCCCCCCCCCCCCCNc1ncnc(Nc2ccc(C(=O)OCC(C)C)cc2)c1N. The third-order valence-electron chi connectivity index (χ3n) is 6.64. The Morgan fingerprint density at radius 1 is 0.816 bits per heavy atom. The number of ether oxygens (including phenoxy) is 1. The van der Waals surface area contributed by atoms with Gasteiger partial charge in [-0.25, -0.2) is 14.8 Å². The number of benzene rings is 1. The fraction of sp³-hybridized carbons (Fsp3) is 0.645. The van der Waals surface area contributed by atoms with Crippen LogP contribution in [0.15, 0.2) is 30.6 Å². The lowest BCUT2D eigenvalue weighted by Gasteiger charge is -2.13. The molecule has 212 valence electrons. The molecule has 2 aromatic rings. The van der Waals surface area contributed by atoms with Gasteiger partial charge in [0.15, 0.2) is 11.6 Å². The van der Waals surface area contributed by atoms with E-state index in [2.05, 4.69) is 27.5 Å². The molecule has 7 nitrogen and oxygen atoms in total. The summed E-state index contributed by atoms with van der Waals surface area (Å²) in [6.45, 7) is 7.54. The second-order valence-electron chi connectivity index (χ2n) is 10.7. The molecule has 0 saturated carbocycles. The number of esters is 1. The molecule has 1 aromatic carbocycles. The van der Waals surface area contributed by atoms with Crippen molar-refractivity contribution < 1.29 is 9.53 Å². The molecule has 0 aliphatic heterocycles. The average molecular weight is 526 g/mol. The molecule has 38 heavy (non-hydrogen) atoms. The number of anilines is 4. The number of carbonyl (C=O) groups is 1. The molecule has 0 spiro atoms. The summed E-state index contributed by atoms with van der Waals surface area (Å²) in [5.41, 5.74) is 8.10. The lowest BCUT2D eigenvalue weighted by Crippen LogP contribution is -2.10. The average Bonchev–Trinajstić information content (AvgIpc) is 2.91. The van der Waals surface area contributed by atoms with E-state index < -0.39 is 0 Å². The van der Waals surface area contributed by atoms with Crippen LogP contribution in [0.5, 0.6) is 0 Å². The highest BCUT2D eigenvalue weighted by molar-refractivity contribution is 5.90. The van der Waals surface area contributed by atoms with Crippen molar-refractivity contribution in [2.75, 3.05) is 29.5 Å². The minimum absolute atomic E-state index is 0.304. The van der Waals surface area contributed by atoms with Gasteiger partial charge < -0.3 is 21.1 Å². The third kappa shape index (κ3) is 13.1. The van der Waals surface area contributed by atoms with Gasteiger partial charge in [0.1, 0.15) is 12.0 Å². The quantitative estimate of drug-likeness (QED) is 0.111. The number of nitrogens with two attached hydrogens (primary N) is 1. The van der Waals surface area contributed by atoms with Gasteiger partial charge in [-0.05, 0) is 36.6 Å². The number of nitrogen functional groups attached to an aromatic ring is 1. The first kappa shape index (κ1) is 31.4. The van der Waals surface area contributed by atoms with Crippen molar-refractivity contribution in [2.45, 2.75) is 111 Å². The van der Waals surface area contributed by atoms with Crippen LogP contribution in [0.4, 0.5) is 23.0 Å². The smallest absolute Gasteiger partial charge is 0.338 e. The van der Waals surface area contributed by atoms with E-state index in [-0.39, 0.29) is 5.97 Å². The Balaban J connectivity index is 1.60. The van der Waals surface area contributed by atoms with Crippen LogP contribution in [0.1, 0.15) is 121 Å². The van der Waals surface area contributed by atoms with Crippen molar-refractivity contribution in [3.63, 3.8) is 0 Å². The highest BCUT2D eigenvalue weighted by atomic mass is 16.5. The summed E-state index contributed by atoms with van der Waals surface area (Å²) in [5, 5.41) is 6.57. The Bertz CT molecular complexity index is 902. The van der Waals surface area contributed by atoms with Crippen LogP contribution in [0.25, 0.3) is 0 Å². The van der Waals surface area contributed by atoms with Crippen LogP contribution in [0.3, 0.4) is 0 Å². The first-order valence-corrected chi connectivity index (χ1v) is 14.9. The van der Waals surface area contributed by atoms with Crippen molar-refractivity contribution in [3.8, 4) is 0 Å². The molecule has 0 fully saturated rings. The van der Waals surface area contributed by atoms with E-state index in [1.165, 1.54) is 89.8 Å². The first-order valence-electron chi connectivity index (χ1n) is 14.9. The third-order valence-corrected chi connectivity index (χ3v) is 6.64. The summed E-state index contributed by atoms with van der Waals surface area (Å²) in [4.78, 5) is 20.7. The summed E-state index contributed by atoms with van der Waals surface area (Å²) in [5.74, 6) is 1.17. The zero-order chi connectivity index (χ0) is 27.4. The van der Waals surface area contributed by atoms with Gasteiger partial charge in [-0.15, -0.1) is 0 Å². The summed E-state index contributed by atoms with van der Waals surface area (Å²) in [6, 6.07) is 7.10. The van der Waals surface area contributed by atoms with E-state index in [0.717, 1.165) is 18.7 Å². The maximum atomic E-state index is 12.1. The molecule has 1 aromatic heterocycles. The molecule has 0 unspecified atom stereocenters. The number of aromatic nitrogens is 2. The molecule has 4 N–H and O–H groups in total. The minimum Gasteiger partial charge on any atom is -0.462 e. The van der Waals surface area contributed by atoms with Crippen LogP contribution < -0.4 is 16.4 Å². The number of nitrogens with one attached hydrogen (secondary N) is 2. The minimum atomic E-state index is -0.318. The lowest BCUT2D eigenvalue weighted by atomic mass is 10.0. The van der Waals surface area contributed by atoms with Crippen molar-refractivity contribution >= 4 is 29.0 Å². The topological polar surface area (TPSA) is 102 Å². The Labute approximate surface area is 230 Å². The zero-order valence-electron chi connectivity index (χ0n) is 24.1. The van der Waals surface area contributed by atoms with Crippen molar-refractivity contribution in [3.05, 3.63) is 36.2 Å². The standard InChI is InChI=1S/C31H51N5O2/c1-4-5-6-7-8-9-10-11-12-13-14-15-16-17-22-33-29-28(32)30(35-24-34-29)36-27-20-18-26(19-21-27)31(37)38-23-25(2)3/h18-21,24-25H,4-17,22-23,32H2,1-3H3,(H2,33,34,35,36). The normalized spacial score (nSPS) is 11.1. The van der Waals surface area contributed by atoms with E-state index in [1.807, 2.05) is 26.0 Å². The second-order valence-corrected chi connectivity index (χ2v) is 10.7. The van der Waals surface area contributed by atoms with Crippen molar-refractivity contribution in [2.24, 2.45) is 5.92 Å². The number of carbonyl (C=O) groups excluding carboxylic acids is 1. The molecule has 0 atom stereocenters. The Morgan fingerprint density at radius 3 is 1.89 bits per heavy atom. The van der Waals surface area contributed by atoms with Crippen molar-refractivity contribution in [1.29, 1.82) is 0 Å². The number of hydrogen-bond acceptors (Lipinski definition) is 7. The first-order chi connectivity index (χ1) is 18.5. The van der Waals surface area contributed by atoms with Gasteiger partial charge in [0, 0.05) is 12.2 Å². The van der Waals surface area contributed by atoms with Gasteiger partial charge in [-0.1, -0.05) is 104 Å². The van der Waals surface area contributed by atoms with Crippen LogP contribution in [0, 0.1) is 5.92 Å². The number of nitrogens with zero attached hydrogens (tertiary/aromatic N) is 2. The predicted molar refractivity (Wildman–Crippen MR) is 160 cm³/mol. The number of rotatable bonds is 21. The van der Waals surface area contributed by atoms with Crippen LogP contribution >= 0.6 is 0 Å². The molecule has 0 amide bonds. The number of unbranched alkanes of at least 4 members (excludes halogenated alkanes) is 13. The van der Waals surface area contributed by atoms with E-state index in [9.17, 15) is 4.79 Å². The van der Waals surface area contributed by atoms with Crippen LogP contribution in [-0.2, 0) is 4.74 Å². The highest BCUT2D eigenvalue weighted by Crippen LogP contribution is 2.26. The van der Waals surface area contributed by atoms with Gasteiger partial charge in [-0.3, -0.25) is 0 Å². The van der Waals surface area contributed by atoms with Gasteiger partial charge >= 0.3 is 5.97 Å². The second kappa shape index (κ2) is 19.3. The van der Waals surface area contributed by atoms with Gasteiger partial charge in [0.25, 0.3) is 0 Å². The Kier molecular flexibility index (Phi) is 15.9. The van der Waals surface area contributed by atoms with E-state index in [1.54, 1.807) is 12.1 Å². The Hall–Kier alpha value is -2.83. The molecular formula is C31H51N5O2. The van der Waals surface area contributed by atoms with Crippen LogP contribution in [-0.4, -0.2) is 29.1 Å². The fourth-order valence-corrected chi connectivity index (χ4v) is 4.31. The predicted octanol–water partition coefficient (Wildman–Crippen LogP) is 8.51. The molecule has 0 saturated heterocycles. The largest absolute Gasteiger partial charge is 0.462 e. The van der Waals surface area contributed by atoms with E-state index >= 15 is 0 Å². The molecule has 0 bridgehead atoms. The maximum absolute atomic E-state index is 12.1. The van der Waals surface area contributed by atoms with E-state index in [0.29, 0.717) is 35.4 Å². The summed E-state index contributed by atoms with van der Waals surface area (Å²) in [6.07, 6.45) is 20.4. The zero-order valence-corrected chi connectivity index (χ0v) is 24.1. The van der Waals surface area contributed by atoms with Gasteiger partial charge in [-0.2, -0.15) is 0 Å². The summed E-state index contributed by atoms with van der Waals surface area (Å²) in [7, 11) is 0. The molecule has 1 heterocycles. The fourth-order valence-electron chi connectivity index (χ4n) is 4.31. The molecular weight excluding hydrogens is 474 g/mol. The van der Waals surface area contributed by atoms with E-state index in [4.69, 9.17) is 10.5 Å². The van der Waals surface area contributed by atoms with Gasteiger partial charge in [0.05, 0.1) is 12.2 Å². The van der Waals surface area contributed by atoms with Gasteiger partial charge in [0.2, 0.25) is 0 Å². The molecule has 2 rings (SSSR count). The number of hydrogen-bond donors (Lipinski definition) is 3. The summed E-state index contributed by atoms with van der Waals surface area (Å²) < 4.78 is 5.28. The lowest BCUT2D eigenvalue weighted by molar-refractivity contribution is 0.0459. The molecule has 0 radical (unpaired) electrons. The molecule has 7 heteroatoms. The molecule has 0 aliphatic carbocycles. The maximum Gasteiger partial charge on any atom is 0.338 e. The monoisotopic (exact) mass is 525 g/mol. The highest BCUT2D eigenvalue weighted by Gasteiger charge is 2.10. The molecule has 0 aliphatic rings. The Morgan fingerprint density at radius 2 is 1.34 bits per heavy atom. The van der Waals surface area contributed by atoms with Crippen LogP contribution in [0.2, 0.25) is 0 Å². The summed E-state index contributed by atoms with van der Waals surface area (Å²) >= 11 is 0. The van der Waals surface area contributed by atoms with Crippen molar-refractivity contribution in [1.82, 2.24) is 9.97 Å².